The number of aliphatic hydroxyl groups is 3. The van der Waals surface area contributed by atoms with Gasteiger partial charge in [0.05, 0.1) is 32.0 Å². The van der Waals surface area contributed by atoms with Crippen LogP contribution in [0.2, 0.25) is 0 Å². The van der Waals surface area contributed by atoms with Crippen LogP contribution in [0.25, 0.3) is 0 Å². The number of hydrogen-bond acceptors (Lipinski definition) is 5. The minimum atomic E-state index is -0.586. The first-order valence-corrected chi connectivity index (χ1v) is 8.57. The van der Waals surface area contributed by atoms with Gasteiger partial charge in [0.25, 0.3) is 0 Å². The van der Waals surface area contributed by atoms with Crippen LogP contribution in [0.5, 0.6) is 0 Å². The molecule has 3 N–H and O–H groups in total. The van der Waals surface area contributed by atoms with E-state index in [-0.39, 0.29) is 30.1 Å². The first-order chi connectivity index (χ1) is 10.3. The summed E-state index contributed by atoms with van der Waals surface area (Å²) in [6.45, 7) is 8.65. The molecule has 0 aliphatic heterocycles. The molecule has 0 unspecified atom stereocenters. The number of fused-ring (bicyclic) bond motifs is 2. The molecule has 2 rings (SSSR count). The van der Waals surface area contributed by atoms with Gasteiger partial charge in [0.15, 0.2) is 0 Å². The lowest BCUT2D eigenvalue weighted by molar-refractivity contribution is -0.113. The Morgan fingerprint density at radius 1 is 1.18 bits per heavy atom. The van der Waals surface area contributed by atoms with E-state index in [2.05, 4.69) is 20.8 Å². The van der Waals surface area contributed by atoms with Crippen LogP contribution in [0, 0.1) is 16.7 Å². The maximum atomic E-state index is 10.2. The first kappa shape index (κ1) is 18.1. The molecular weight excluding hydrogens is 282 g/mol. The molecule has 0 aromatic rings. The van der Waals surface area contributed by atoms with Crippen molar-refractivity contribution in [2.45, 2.75) is 52.2 Å². The number of aliphatic hydroxyl groups excluding tert-OH is 3. The van der Waals surface area contributed by atoms with E-state index in [0.29, 0.717) is 26.2 Å². The molecule has 0 saturated heterocycles. The fourth-order valence-electron chi connectivity index (χ4n) is 4.81. The zero-order valence-electron chi connectivity index (χ0n) is 14.3. The molecule has 0 heterocycles. The summed E-state index contributed by atoms with van der Waals surface area (Å²) < 4.78 is 6.17. The topological polar surface area (TPSA) is 73.2 Å². The molecule has 5 nitrogen and oxygen atoms in total. The molecule has 0 spiro atoms. The van der Waals surface area contributed by atoms with Crippen molar-refractivity contribution >= 4 is 0 Å². The molecule has 0 amide bonds. The Bertz CT molecular complexity index is 352. The third kappa shape index (κ3) is 3.65. The Labute approximate surface area is 134 Å². The van der Waals surface area contributed by atoms with Crippen molar-refractivity contribution in [2.75, 3.05) is 39.5 Å². The van der Waals surface area contributed by atoms with Crippen molar-refractivity contribution in [1.82, 2.24) is 4.90 Å². The van der Waals surface area contributed by atoms with Gasteiger partial charge in [-0.25, -0.2) is 0 Å². The van der Waals surface area contributed by atoms with E-state index in [0.717, 1.165) is 5.92 Å². The Hall–Kier alpha value is -0.200. The van der Waals surface area contributed by atoms with E-state index in [1.54, 1.807) is 0 Å². The molecule has 0 aromatic heterocycles. The zero-order valence-corrected chi connectivity index (χ0v) is 14.3. The Kier molecular flexibility index (Phi) is 5.89. The van der Waals surface area contributed by atoms with Crippen LogP contribution in [0.15, 0.2) is 0 Å². The largest absolute Gasteiger partial charge is 0.395 e. The lowest BCUT2D eigenvalue weighted by Crippen LogP contribution is -2.45. The van der Waals surface area contributed by atoms with Gasteiger partial charge in [0.1, 0.15) is 0 Å². The van der Waals surface area contributed by atoms with Crippen LogP contribution in [0.1, 0.15) is 40.0 Å². The quantitative estimate of drug-likeness (QED) is 0.589. The molecule has 0 radical (unpaired) electrons. The van der Waals surface area contributed by atoms with E-state index in [4.69, 9.17) is 14.9 Å². The standard InChI is InChI=1S/C17H33NO4/c1-16(2)13-4-5-17(3,10-13)15(16)22-12-14(21)11-18(6-8-19)7-9-20/h13-15,19-21H,4-12H2,1-3H3/t13-,14-,15-,17-/m1/s1. The summed E-state index contributed by atoms with van der Waals surface area (Å²) in [6.07, 6.45) is 3.38. The maximum absolute atomic E-state index is 10.2. The lowest BCUT2D eigenvalue weighted by Gasteiger charge is -2.42. The molecule has 5 heteroatoms. The van der Waals surface area contributed by atoms with Crippen molar-refractivity contribution < 1.29 is 20.1 Å². The van der Waals surface area contributed by atoms with Crippen molar-refractivity contribution in [1.29, 1.82) is 0 Å². The summed E-state index contributed by atoms with van der Waals surface area (Å²) in [5.74, 6) is 0.736. The highest BCUT2D eigenvalue weighted by Gasteiger charge is 2.60. The van der Waals surface area contributed by atoms with Gasteiger partial charge in [-0.1, -0.05) is 20.8 Å². The van der Waals surface area contributed by atoms with E-state index in [9.17, 15) is 5.11 Å². The predicted octanol–water partition coefficient (Wildman–Crippen LogP) is 0.865. The molecule has 2 aliphatic rings. The Morgan fingerprint density at radius 3 is 2.32 bits per heavy atom. The Morgan fingerprint density at radius 2 is 1.82 bits per heavy atom. The van der Waals surface area contributed by atoms with Crippen LogP contribution in [0.4, 0.5) is 0 Å². The van der Waals surface area contributed by atoms with Crippen LogP contribution in [0.3, 0.4) is 0 Å². The highest BCUT2D eigenvalue weighted by Crippen LogP contribution is 2.63. The molecule has 2 saturated carbocycles. The predicted molar refractivity (Wildman–Crippen MR) is 85.6 cm³/mol. The molecule has 130 valence electrons. The molecule has 22 heavy (non-hydrogen) atoms. The van der Waals surface area contributed by atoms with E-state index >= 15 is 0 Å². The van der Waals surface area contributed by atoms with Gasteiger partial charge in [-0.05, 0) is 36.0 Å². The van der Waals surface area contributed by atoms with E-state index in [1.807, 2.05) is 4.90 Å². The smallest absolute Gasteiger partial charge is 0.0900 e. The summed E-state index contributed by atoms with van der Waals surface area (Å²) in [5, 5.41) is 28.3. The highest BCUT2D eigenvalue weighted by atomic mass is 16.5. The molecule has 0 aromatic carbocycles. The summed E-state index contributed by atoms with van der Waals surface area (Å²) in [4.78, 5) is 1.86. The fraction of sp³-hybridized carbons (Fsp3) is 1.00. The number of hydrogen-bond donors (Lipinski definition) is 3. The average molecular weight is 315 g/mol. The molecule has 2 bridgehead atoms. The van der Waals surface area contributed by atoms with Crippen molar-refractivity contribution in [2.24, 2.45) is 16.7 Å². The van der Waals surface area contributed by atoms with Crippen LogP contribution in [-0.2, 0) is 4.74 Å². The zero-order chi connectivity index (χ0) is 16.4. The molecule has 2 aliphatic carbocycles. The van der Waals surface area contributed by atoms with Gasteiger partial charge in [-0.3, -0.25) is 4.90 Å². The molecular formula is C17H33NO4. The second kappa shape index (κ2) is 7.14. The molecule has 4 atom stereocenters. The number of ether oxygens (including phenoxy) is 1. The third-order valence-corrected chi connectivity index (χ3v) is 5.89. The molecule has 2 fully saturated rings. The van der Waals surface area contributed by atoms with Gasteiger partial charge >= 0.3 is 0 Å². The van der Waals surface area contributed by atoms with E-state index in [1.165, 1.54) is 19.3 Å². The van der Waals surface area contributed by atoms with Gasteiger partial charge in [-0.15, -0.1) is 0 Å². The summed E-state index contributed by atoms with van der Waals surface area (Å²) >= 11 is 0. The fourth-order valence-corrected chi connectivity index (χ4v) is 4.81. The van der Waals surface area contributed by atoms with Crippen LogP contribution >= 0.6 is 0 Å². The summed E-state index contributed by atoms with van der Waals surface area (Å²) in [7, 11) is 0. The van der Waals surface area contributed by atoms with Crippen molar-refractivity contribution in [3.63, 3.8) is 0 Å². The highest BCUT2D eigenvalue weighted by molar-refractivity contribution is 5.09. The minimum absolute atomic E-state index is 0.0307. The SMILES string of the molecule is CC1(C)[C@@H]2CC[C@](C)(C2)[C@@H]1OC[C@H](O)CN(CCO)CCO. The van der Waals surface area contributed by atoms with Crippen LogP contribution in [-0.4, -0.2) is 71.9 Å². The normalized spacial score (nSPS) is 34.5. The van der Waals surface area contributed by atoms with E-state index < -0.39 is 6.10 Å². The van der Waals surface area contributed by atoms with Gasteiger partial charge in [-0.2, -0.15) is 0 Å². The van der Waals surface area contributed by atoms with Gasteiger partial charge < -0.3 is 20.1 Å². The maximum Gasteiger partial charge on any atom is 0.0900 e. The van der Waals surface area contributed by atoms with Gasteiger partial charge in [0, 0.05) is 19.6 Å². The second-order valence-corrected chi connectivity index (χ2v) is 8.03. The van der Waals surface area contributed by atoms with Crippen molar-refractivity contribution in [3.05, 3.63) is 0 Å². The average Bonchev–Trinajstić information content (AvgIpc) is 2.90. The van der Waals surface area contributed by atoms with Gasteiger partial charge in [0.2, 0.25) is 0 Å². The summed E-state index contributed by atoms with van der Waals surface area (Å²) in [5.41, 5.74) is 0.437. The number of rotatable bonds is 9. The first-order valence-electron chi connectivity index (χ1n) is 8.57. The van der Waals surface area contributed by atoms with Crippen LogP contribution < -0.4 is 0 Å². The Balaban J connectivity index is 1.84. The number of nitrogens with zero attached hydrogens (tertiary/aromatic N) is 1. The second-order valence-electron chi connectivity index (χ2n) is 8.03. The third-order valence-electron chi connectivity index (χ3n) is 5.89. The monoisotopic (exact) mass is 315 g/mol. The summed E-state index contributed by atoms with van der Waals surface area (Å²) in [6, 6.07) is 0. The lowest BCUT2D eigenvalue weighted by atomic mass is 9.70. The van der Waals surface area contributed by atoms with Crippen molar-refractivity contribution in [3.8, 4) is 0 Å². The minimum Gasteiger partial charge on any atom is -0.395 e.